The Hall–Kier alpha value is -3.82. The van der Waals surface area contributed by atoms with Crippen LogP contribution in [0.1, 0.15) is 31.8 Å². The van der Waals surface area contributed by atoms with Gasteiger partial charge in [-0.1, -0.05) is 6.07 Å². The van der Waals surface area contributed by atoms with E-state index in [0.717, 1.165) is 21.2 Å². The van der Waals surface area contributed by atoms with Crippen LogP contribution in [0.15, 0.2) is 60.2 Å². The van der Waals surface area contributed by atoms with E-state index >= 15 is 0 Å². The maximum atomic E-state index is 13.1. The average molecular weight is 480 g/mol. The smallest absolute Gasteiger partial charge is 0.255 e. The molecule has 7 nitrogen and oxygen atoms in total. The quantitative estimate of drug-likeness (QED) is 0.350. The van der Waals surface area contributed by atoms with Crippen LogP contribution in [0.4, 0.5) is 10.1 Å². The highest BCUT2D eigenvalue weighted by atomic mass is 32.1. The van der Waals surface area contributed by atoms with Crippen LogP contribution in [-0.4, -0.2) is 35.1 Å². The molecule has 0 spiro atoms. The van der Waals surface area contributed by atoms with Crippen LogP contribution in [0, 0.1) is 12.7 Å². The Labute approximate surface area is 199 Å². The molecular formula is C25H22FN3O4S. The van der Waals surface area contributed by atoms with E-state index in [1.807, 2.05) is 18.4 Å². The molecule has 0 unspecified atom stereocenters. The van der Waals surface area contributed by atoms with Crippen molar-refractivity contribution in [2.24, 2.45) is 0 Å². The van der Waals surface area contributed by atoms with E-state index in [9.17, 15) is 14.0 Å². The standard InChI is InChI=1S/C25H22FN3O4S/c1-15-2-7-19(29-24(31)16-3-5-18(26)6-4-16)10-22(15)33-13-17-14-34-23-20(17)11-27-12-21(23)25(32)28-8-9-30/h2-7,10-12,14,30H,8-9,13H2,1H3,(H,28,32)(H,29,31). The predicted octanol–water partition coefficient (Wildman–Crippen LogP) is 4.30. The topological polar surface area (TPSA) is 101 Å². The van der Waals surface area contributed by atoms with Crippen molar-refractivity contribution in [1.82, 2.24) is 10.3 Å². The molecule has 2 amide bonds. The van der Waals surface area contributed by atoms with Crippen molar-refractivity contribution >= 4 is 38.9 Å². The van der Waals surface area contributed by atoms with Crippen molar-refractivity contribution in [3.05, 3.63) is 88.3 Å². The third-order valence-electron chi connectivity index (χ3n) is 5.14. The van der Waals surface area contributed by atoms with Crippen LogP contribution in [0.25, 0.3) is 10.1 Å². The second kappa shape index (κ2) is 10.4. The number of benzene rings is 2. The van der Waals surface area contributed by atoms with Gasteiger partial charge in [-0.2, -0.15) is 0 Å². The lowest BCUT2D eigenvalue weighted by Gasteiger charge is -2.12. The molecule has 0 atom stereocenters. The minimum absolute atomic E-state index is 0.137. The van der Waals surface area contributed by atoms with Crippen molar-refractivity contribution in [2.75, 3.05) is 18.5 Å². The number of aryl methyl sites for hydroxylation is 1. The van der Waals surface area contributed by atoms with Gasteiger partial charge < -0.3 is 20.5 Å². The van der Waals surface area contributed by atoms with Crippen LogP contribution < -0.4 is 15.4 Å². The van der Waals surface area contributed by atoms with Crippen LogP contribution in [0.3, 0.4) is 0 Å². The van der Waals surface area contributed by atoms with Crippen molar-refractivity contribution in [1.29, 1.82) is 0 Å². The third kappa shape index (κ3) is 5.22. The largest absolute Gasteiger partial charge is 0.489 e. The first-order valence-corrected chi connectivity index (χ1v) is 11.4. The molecule has 0 aliphatic heterocycles. The Bertz CT molecular complexity index is 1340. The molecule has 4 aromatic rings. The SMILES string of the molecule is Cc1ccc(NC(=O)c2ccc(F)cc2)cc1OCc1csc2c(C(=O)NCCO)cncc12. The average Bonchev–Trinajstić information content (AvgIpc) is 3.26. The number of rotatable bonds is 8. The summed E-state index contributed by atoms with van der Waals surface area (Å²) in [5.74, 6) is -0.448. The Morgan fingerprint density at radius 3 is 2.68 bits per heavy atom. The van der Waals surface area contributed by atoms with Crippen LogP contribution in [0.5, 0.6) is 5.75 Å². The lowest BCUT2D eigenvalue weighted by molar-refractivity contribution is 0.0945. The van der Waals surface area contributed by atoms with Gasteiger partial charge in [0.1, 0.15) is 18.2 Å². The van der Waals surface area contributed by atoms with Gasteiger partial charge in [-0.25, -0.2) is 4.39 Å². The first kappa shape index (κ1) is 23.3. The number of carbonyl (C=O) groups is 2. The van der Waals surface area contributed by atoms with E-state index in [1.165, 1.54) is 41.8 Å². The zero-order valence-electron chi connectivity index (χ0n) is 18.3. The molecule has 3 N–H and O–H groups in total. The number of anilines is 1. The number of nitrogens with zero attached hydrogens (tertiary/aromatic N) is 1. The van der Waals surface area contributed by atoms with Gasteiger partial charge in [0.2, 0.25) is 0 Å². The van der Waals surface area contributed by atoms with E-state index in [4.69, 9.17) is 9.84 Å². The highest BCUT2D eigenvalue weighted by Crippen LogP contribution is 2.30. The molecule has 2 aromatic heterocycles. The Morgan fingerprint density at radius 1 is 1.12 bits per heavy atom. The van der Waals surface area contributed by atoms with E-state index in [1.54, 1.807) is 18.3 Å². The number of ether oxygens (including phenoxy) is 1. The van der Waals surface area contributed by atoms with Gasteiger partial charge in [-0.3, -0.25) is 14.6 Å². The molecule has 4 rings (SSSR count). The number of aromatic nitrogens is 1. The fraction of sp³-hybridized carbons (Fsp3) is 0.160. The van der Waals surface area contributed by atoms with Crippen LogP contribution in [0.2, 0.25) is 0 Å². The van der Waals surface area contributed by atoms with Crippen LogP contribution >= 0.6 is 11.3 Å². The molecule has 0 fully saturated rings. The number of nitrogens with one attached hydrogen (secondary N) is 2. The monoisotopic (exact) mass is 479 g/mol. The summed E-state index contributed by atoms with van der Waals surface area (Å²) in [4.78, 5) is 29.0. The molecule has 174 valence electrons. The van der Waals surface area contributed by atoms with Gasteiger partial charge in [0.15, 0.2) is 0 Å². The lowest BCUT2D eigenvalue weighted by Crippen LogP contribution is -2.26. The zero-order valence-corrected chi connectivity index (χ0v) is 19.1. The number of hydrogen-bond donors (Lipinski definition) is 3. The Kier molecular flexibility index (Phi) is 7.15. The second-order valence-electron chi connectivity index (χ2n) is 7.53. The molecule has 2 aromatic carbocycles. The first-order valence-electron chi connectivity index (χ1n) is 10.5. The van der Waals surface area contributed by atoms with Crippen LogP contribution in [-0.2, 0) is 6.61 Å². The minimum Gasteiger partial charge on any atom is -0.489 e. The highest BCUT2D eigenvalue weighted by molar-refractivity contribution is 7.17. The summed E-state index contributed by atoms with van der Waals surface area (Å²) in [6, 6.07) is 10.7. The van der Waals surface area contributed by atoms with Gasteiger partial charge in [0.05, 0.1) is 16.9 Å². The van der Waals surface area contributed by atoms with Crippen molar-refractivity contribution < 1.29 is 23.8 Å². The maximum absolute atomic E-state index is 13.1. The summed E-state index contributed by atoms with van der Waals surface area (Å²) in [6.45, 7) is 2.18. The van der Waals surface area contributed by atoms with Gasteiger partial charge >= 0.3 is 0 Å². The molecule has 0 aliphatic rings. The summed E-state index contributed by atoms with van der Waals surface area (Å²) in [7, 11) is 0. The number of fused-ring (bicyclic) bond motifs is 1. The number of aliphatic hydroxyl groups is 1. The third-order valence-corrected chi connectivity index (χ3v) is 6.22. The van der Waals surface area contributed by atoms with Crippen molar-refractivity contribution in [3.63, 3.8) is 0 Å². The fourth-order valence-corrected chi connectivity index (χ4v) is 4.37. The first-order chi connectivity index (χ1) is 16.5. The zero-order chi connectivity index (χ0) is 24.1. The van der Waals surface area contributed by atoms with Gasteiger partial charge in [0.25, 0.3) is 11.8 Å². The van der Waals surface area contributed by atoms with Gasteiger partial charge in [0, 0.05) is 47.2 Å². The van der Waals surface area contributed by atoms with E-state index < -0.39 is 5.82 Å². The highest BCUT2D eigenvalue weighted by Gasteiger charge is 2.15. The number of aliphatic hydroxyl groups excluding tert-OH is 1. The van der Waals surface area contributed by atoms with Gasteiger partial charge in [-0.15, -0.1) is 11.3 Å². The number of halogens is 1. The van der Waals surface area contributed by atoms with E-state index in [2.05, 4.69) is 15.6 Å². The molecule has 0 saturated carbocycles. The van der Waals surface area contributed by atoms with E-state index in [-0.39, 0.29) is 31.6 Å². The number of carbonyl (C=O) groups excluding carboxylic acids is 2. The van der Waals surface area contributed by atoms with Gasteiger partial charge in [-0.05, 0) is 48.2 Å². The van der Waals surface area contributed by atoms with Crippen molar-refractivity contribution in [3.8, 4) is 5.75 Å². The number of amides is 2. The normalized spacial score (nSPS) is 10.8. The molecule has 34 heavy (non-hydrogen) atoms. The van der Waals surface area contributed by atoms with E-state index in [0.29, 0.717) is 22.6 Å². The summed E-state index contributed by atoms with van der Waals surface area (Å²) < 4.78 is 19.9. The summed E-state index contributed by atoms with van der Waals surface area (Å²) in [6.07, 6.45) is 3.20. The Balaban J connectivity index is 1.49. The molecule has 0 saturated heterocycles. The molecule has 9 heteroatoms. The second-order valence-corrected chi connectivity index (χ2v) is 8.41. The molecule has 2 heterocycles. The maximum Gasteiger partial charge on any atom is 0.255 e. The van der Waals surface area contributed by atoms with Crippen molar-refractivity contribution in [2.45, 2.75) is 13.5 Å². The minimum atomic E-state index is -0.406. The predicted molar refractivity (Wildman–Crippen MR) is 129 cm³/mol. The summed E-state index contributed by atoms with van der Waals surface area (Å²) >= 11 is 1.42. The molecular weight excluding hydrogens is 457 g/mol. The summed E-state index contributed by atoms with van der Waals surface area (Å²) in [5, 5.41) is 17.1. The number of pyridine rings is 1. The molecule has 0 aliphatic carbocycles. The molecule has 0 radical (unpaired) electrons. The number of thiophene rings is 1. The number of hydrogen-bond acceptors (Lipinski definition) is 6. The Morgan fingerprint density at radius 2 is 1.91 bits per heavy atom. The molecule has 0 bridgehead atoms. The lowest BCUT2D eigenvalue weighted by atomic mass is 10.1. The summed E-state index contributed by atoms with van der Waals surface area (Å²) in [5.41, 5.74) is 3.12. The fourth-order valence-electron chi connectivity index (χ4n) is 3.33.